The van der Waals surface area contributed by atoms with Crippen LogP contribution in [0.25, 0.3) is 0 Å². The van der Waals surface area contributed by atoms with Gasteiger partial charge in [-0.1, -0.05) is 38.3 Å². The molecule has 0 unspecified atom stereocenters. The van der Waals surface area contributed by atoms with Crippen LogP contribution >= 0.6 is 0 Å². The molecule has 2 aliphatic heterocycles. The van der Waals surface area contributed by atoms with Crippen LogP contribution in [0.2, 0.25) is 0 Å². The van der Waals surface area contributed by atoms with Crippen molar-refractivity contribution < 1.29 is 9.18 Å². The van der Waals surface area contributed by atoms with E-state index in [1.165, 1.54) is 18.9 Å². The largest absolute Gasteiger partial charge is 0.367 e. The zero-order valence-electron chi connectivity index (χ0n) is 20.7. The fourth-order valence-electron chi connectivity index (χ4n) is 4.84. The van der Waals surface area contributed by atoms with Crippen molar-refractivity contribution in [2.45, 2.75) is 45.6 Å². The molecule has 2 saturated heterocycles. The van der Waals surface area contributed by atoms with Gasteiger partial charge in [0.1, 0.15) is 5.82 Å². The molecule has 0 radical (unpaired) electrons. The van der Waals surface area contributed by atoms with Crippen molar-refractivity contribution in [1.29, 1.82) is 0 Å². The first-order valence-electron chi connectivity index (χ1n) is 12.9. The smallest absolute Gasteiger partial charge is 0.252 e. The summed E-state index contributed by atoms with van der Waals surface area (Å²) < 4.78 is 14.1. The number of anilines is 2. The van der Waals surface area contributed by atoms with Crippen LogP contribution in [-0.2, 0) is 11.3 Å². The van der Waals surface area contributed by atoms with Gasteiger partial charge in [0.05, 0.1) is 11.4 Å². The lowest BCUT2D eigenvalue weighted by Gasteiger charge is -2.36. The SMILES string of the molecule is CCCCCCC(=O)N1CCN(c2nc(CN3CCN(c4ccccc4F)CC3)cc(=O)[nH]2)CC1. The number of carbonyl (C=O) groups is 1. The van der Waals surface area contributed by atoms with Crippen molar-refractivity contribution in [2.24, 2.45) is 0 Å². The molecule has 35 heavy (non-hydrogen) atoms. The second-order valence-corrected chi connectivity index (χ2v) is 9.45. The maximum absolute atomic E-state index is 14.1. The van der Waals surface area contributed by atoms with Crippen molar-refractivity contribution in [3.63, 3.8) is 0 Å². The topological polar surface area (TPSA) is 75.8 Å². The summed E-state index contributed by atoms with van der Waals surface area (Å²) in [7, 11) is 0. The molecule has 1 aromatic carbocycles. The number of aromatic nitrogens is 2. The van der Waals surface area contributed by atoms with Gasteiger partial charge < -0.3 is 14.7 Å². The number of unbranched alkanes of at least 4 members (excludes halogenated alkanes) is 3. The Morgan fingerprint density at radius 2 is 1.69 bits per heavy atom. The number of hydrogen-bond donors (Lipinski definition) is 1. The third kappa shape index (κ3) is 6.81. The van der Waals surface area contributed by atoms with Gasteiger partial charge >= 0.3 is 0 Å². The highest BCUT2D eigenvalue weighted by atomic mass is 19.1. The van der Waals surface area contributed by atoms with E-state index >= 15 is 0 Å². The Morgan fingerprint density at radius 3 is 2.40 bits per heavy atom. The van der Waals surface area contributed by atoms with Crippen LogP contribution in [0, 0.1) is 5.82 Å². The summed E-state index contributed by atoms with van der Waals surface area (Å²) in [5.74, 6) is 0.609. The summed E-state index contributed by atoms with van der Waals surface area (Å²) in [6, 6.07) is 8.43. The molecule has 8 nitrogen and oxygen atoms in total. The number of amides is 1. The van der Waals surface area contributed by atoms with E-state index in [-0.39, 0.29) is 17.3 Å². The van der Waals surface area contributed by atoms with Crippen LogP contribution in [0.5, 0.6) is 0 Å². The highest BCUT2D eigenvalue weighted by molar-refractivity contribution is 5.76. The summed E-state index contributed by atoms with van der Waals surface area (Å²) >= 11 is 0. The molecule has 0 saturated carbocycles. The molecular formula is C26H37FN6O2. The van der Waals surface area contributed by atoms with Crippen molar-refractivity contribution in [3.05, 3.63) is 52.2 Å². The lowest BCUT2D eigenvalue weighted by Crippen LogP contribution is -2.49. The van der Waals surface area contributed by atoms with Gasteiger partial charge in [0, 0.05) is 71.4 Å². The van der Waals surface area contributed by atoms with E-state index in [1.807, 2.05) is 17.0 Å². The molecule has 9 heteroatoms. The molecule has 0 bridgehead atoms. The van der Waals surface area contributed by atoms with Gasteiger partial charge in [0.15, 0.2) is 0 Å². The summed E-state index contributed by atoms with van der Waals surface area (Å²) in [6.07, 6.45) is 5.03. The first-order chi connectivity index (χ1) is 17.0. The minimum Gasteiger partial charge on any atom is -0.367 e. The maximum atomic E-state index is 14.1. The number of piperazine rings is 2. The van der Waals surface area contributed by atoms with E-state index in [9.17, 15) is 14.0 Å². The van der Waals surface area contributed by atoms with E-state index < -0.39 is 0 Å². The van der Waals surface area contributed by atoms with Gasteiger partial charge in [-0.3, -0.25) is 19.5 Å². The van der Waals surface area contributed by atoms with E-state index in [0.717, 1.165) is 44.7 Å². The second-order valence-electron chi connectivity index (χ2n) is 9.45. The highest BCUT2D eigenvalue weighted by Gasteiger charge is 2.23. The van der Waals surface area contributed by atoms with Crippen LogP contribution in [0.15, 0.2) is 35.1 Å². The van der Waals surface area contributed by atoms with Crippen LogP contribution in [-0.4, -0.2) is 78.0 Å². The number of para-hydroxylation sites is 1. The average Bonchev–Trinajstić information content (AvgIpc) is 2.87. The van der Waals surface area contributed by atoms with Crippen molar-refractivity contribution in [1.82, 2.24) is 19.8 Å². The monoisotopic (exact) mass is 484 g/mol. The molecule has 0 spiro atoms. The molecule has 2 aliphatic rings. The minimum atomic E-state index is -0.194. The average molecular weight is 485 g/mol. The fourth-order valence-corrected chi connectivity index (χ4v) is 4.84. The van der Waals surface area contributed by atoms with Crippen LogP contribution in [0.3, 0.4) is 0 Å². The van der Waals surface area contributed by atoms with E-state index in [1.54, 1.807) is 12.1 Å². The van der Waals surface area contributed by atoms with Gasteiger partial charge in [0.2, 0.25) is 11.9 Å². The molecule has 4 rings (SSSR count). The van der Waals surface area contributed by atoms with E-state index in [0.29, 0.717) is 50.8 Å². The number of nitrogens with zero attached hydrogens (tertiary/aromatic N) is 5. The van der Waals surface area contributed by atoms with Gasteiger partial charge in [-0.2, -0.15) is 0 Å². The van der Waals surface area contributed by atoms with Crippen LogP contribution < -0.4 is 15.4 Å². The first kappa shape index (κ1) is 25.2. The molecule has 1 amide bonds. The Hall–Kier alpha value is -2.94. The number of benzene rings is 1. The van der Waals surface area contributed by atoms with Gasteiger partial charge in [0.25, 0.3) is 5.56 Å². The van der Waals surface area contributed by atoms with E-state index in [4.69, 9.17) is 4.98 Å². The van der Waals surface area contributed by atoms with Crippen molar-refractivity contribution >= 4 is 17.5 Å². The highest BCUT2D eigenvalue weighted by Crippen LogP contribution is 2.21. The predicted octanol–water partition coefficient (Wildman–Crippen LogP) is 2.85. The van der Waals surface area contributed by atoms with Crippen LogP contribution in [0.1, 0.15) is 44.7 Å². The third-order valence-corrected chi connectivity index (χ3v) is 6.91. The summed E-state index contributed by atoms with van der Waals surface area (Å²) in [6.45, 7) is 8.38. The van der Waals surface area contributed by atoms with Crippen molar-refractivity contribution in [3.8, 4) is 0 Å². The number of hydrogen-bond acceptors (Lipinski definition) is 6. The number of H-pyrrole nitrogens is 1. The summed E-state index contributed by atoms with van der Waals surface area (Å²) in [5, 5.41) is 0. The van der Waals surface area contributed by atoms with Gasteiger partial charge in [-0.15, -0.1) is 0 Å². The van der Waals surface area contributed by atoms with Gasteiger partial charge in [-0.25, -0.2) is 9.37 Å². The number of nitrogens with one attached hydrogen (secondary N) is 1. The lowest BCUT2D eigenvalue weighted by atomic mass is 10.1. The molecule has 2 aromatic rings. The Kier molecular flexibility index (Phi) is 8.74. The predicted molar refractivity (Wildman–Crippen MR) is 136 cm³/mol. The Labute approximate surface area is 206 Å². The molecular weight excluding hydrogens is 447 g/mol. The number of rotatable bonds is 9. The Balaban J connectivity index is 1.28. The van der Waals surface area contributed by atoms with Crippen LogP contribution in [0.4, 0.5) is 16.0 Å². The standard InChI is InChI=1S/C26H37FN6O2/c1-2-3-4-5-10-25(35)32-15-17-33(18-16-32)26-28-21(19-24(34)29-26)20-30-11-13-31(14-12-30)23-9-7-6-8-22(23)27/h6-9,19H,2-5,10-18,20H2,1H3,(H,28,29,34). The van der Waals surface area contributed by atoms with E-state index in [2.05, 4.69) is 26.6 Å². The number of carbonyl (C=O) groups excluding carboxylic acids is 1. The molecule has 0 aliphatic carbocycles. The molecule has 0 atom stereocenters. The molecule has 1 aromatic heterocycles. The fraction of sp³-hybridized carbons (Fsp3) is 0.577. The minimum absolute atomic E-state index is 0.163. The molecule has 3 heterocycles. The quantitative estimate of drug-likeness (QED) is 0.552. The van der Waals surface area contributed by atoms with Crippen molar-refractivity contribution in [2.75, 3.05) is 62.2 Å². The first-order valence-corrected chi connectivity index (χ1v) is 12.9. The molecule has 1 N–H and O–H groups in total. The lowest BCUT2D eigenvalue weighted by molar-refractivity contribution is -0.131. The Bertz CT molecular complexity index is 1030. The maximum Gasteiger partial charge on any atom is 0.252 e. The zero-order valence-corrected chi connectivity index (χ0v) is 20.7. The zero-order chi connectivity index (χ0) is 24.6. The number of halogens is 1. The summed E-state index contributed by atoms with van der Waals surface area (Å²) in [5.41, 5.74) is 1.21. The number of aromatic amines is 1. The normalized spacial score (nSPS) is 17.1. The second kappa shape index (κ2) is 12.2. The summed E-state index contributed by atoms with van der Waals surface area (Å²) in [4.78, 5) is 40.7. The van der Waals surface area contributed by atoms with Gasteiger partial charge in [-0.05, 0) is 18.6 Å². The third-order valence-electron chi connectivity index (χ3n) is 6.91. The molecule has 2 fully saturated rings. The Morgan fingerprint density at radius 1 is 0.971 bits per heavy atom. The molecule has 190 valence electrons.